The van der Waals surface area contributed by atoms with Crippen LogP contribution >= 0.6 is 11.6 Å². The molecule has 0 radical (unpaired) electrons. The average Bonchev–Trinajstić information content (AvgIpc) is 2.41. The minimum atomic E-state index is -3.76. The lowest BCUT2D eigenvalue weighted by molar-refractivity contribution is 0.435. The zero-order chi connectivity index (χ0) is 14.8. The average molecular weight is 313 g/mol. The lowest BCUT2D eigenvalue weighted by Gasteiger charge is -2.18. The van der Waals surface area contributed by atoms with Crippen LogP contribution < -0.4 is 0 Å². The quantitative estimate of drug-likeness (QED) is 0.940. The normalized spacial score (nSPS) is 11.8. The predicted molar refractivity (Wildman–Crippen MR) is 76.0 cm³/mol. The number of sulfonamides is 1. The number of benzene rings is 1. The molecule has 0 atom stereocenters. The molecule has 0 saturated heterocycles. The van der Waals surface area contributed by atoms with Gasteiger partial charge in [-0.3, -0.25) is 4.98 Å². The zero-order valence-electron chi connectivity index (χ0n) is 10.7. The first kappa shape index (κ1) is 14.8. The molecule has 2 aromatic rings. The van der Waals surface area contributed by atoms with Gasteiger partial charge in [-0.25, -0.2) is 8.42 Å². The maximum Gasteiger partial charge on any atom is 0.246 e. The highest BCUT2D eigenvalue weighted by molar-refractivity contribution is 7.89. The molecule has 0 saturated carbocycles. The van der Waals surface area contributed by atoms with Gasteiger partial charge in [-0.15, -0.1) is 0 Å². The van der Waals surface area contributed by atoms with Gasteiger partial charge in [0.15, 0.2) is 0 Å². The summed E-state index contributed by atoms with van der Waals surface area (Å²) in [4.78, 5) is 3.72. The first-order valence-corrected chi connectivity index (χ1v) is 7.57. The third-order valence-electron chi connectivity index (χ3n) is 2.81. The summed E-state index contributed by atoms with van der Waals surface area (Å²) in [5.41, 5.74) is 0.513. The number of phenols is 1. The largest absolute Gasteiger partial charge is 0.508 e. The highest BCUT2D eigenvalue weighted by Crippen LogP contribution is 2.25. The number of phenolic OH excluding ortho intramolecular Hbond substituents is 1. The molecule has 0 bridgehead atoms. The Morgan fingerprint density at radius 2 is 2.00 bits per heavy atom. The molecule has 7 heteroatoms. The number of hydrogen-bond acceptors (Lipinski definition) is 4. The van der Waals surface area contributed by atoms with Crippen LogP contribution in [-0.2, 0) is 16.6 Å². The van der Waals surface area contributed by atoms with Crippen LogP contribution in [0, 0.1) is 0 Å². The van der Waals surface area contributed by atoms with Gasteiger partial charge in [0.2, 0.25) is 10.0 Å². The molecular weight excluding hydrogens is 300 g/mol. The molecule has 0 aliphatic carbocycles. The van der Waals surface area contributed by atoms with Crippen molar-refractivity contribution in [2.75, 3.05) is 7.05 Å². The number of para-hydroxylation sites is 1. The Balaban J connectivity index is 2.31. The first-order chi connectivity index (χ1) is 9.43. The second-order valence-corrected chi connectivity index (χ2v) is 6.62. The molecule has 0 fully saturated rings. The van der Waals surface area contributed by atoms with Gasteiger partial charge >= 0.3 is 0 Å². The van der Waals surface area contributed by atoms with Gasteiger partial charge in [0, 0.05) is 31.5 Å². The Morgan fingerprint density at radius 3 is 2.65 bits per heavy atom. The standard InChI is InChI=1S/C13H13ClN2O3S/c1-16(9-10-4-2-3-5-12(10)17)20(18,19)13-8-15-7-6-11(13)14/h2-8,17H,9H2,1H3. The number of hydrogen-bond donors (Lipinski definition) is 1. The molecule has 1 aromatic carbocycles. The van der Waals surface area contributed by atoms with Crippen LogP contribution in [0.3, 0.4) is 0 Å². The summed E-state index contributed by atoms with van der Waals surface area (Å²) in [5, 5.41) is 9.81. The summed E-state index contributed by atoms with van der Waals surface area (Å²) >= 11 is 5.89. The topological polar surface area (TPSA) is 70.5 Å². The van der Waals surface area contributed by atoms with E-state index in [0.29, 0.717) is 5.56 Å². The molecule has 2 rings (SSSR count). The van der Waals surface area contributed by atoms with Gasteiger partial charge in [-0.2, -0.15) is 4.31 Å². The maximum absolute atomic E-state index is 12.4. The van der Waals surface area contributed by atoms with E-state index in [-0.39, 0.29) is 22.2 Å². The fourth-order valence-electron chi connectivity index (χ4n) is 1.69. The smallest absolute Gasteiger partial charge is 0.246 e. The summed E-state index contributed by atoms with van der Waals surface area (Å²) in [7, 11) is -2.34. The van der Waals surface area contributed by atoms with Crippen LogP contribution in [0.15, 0.2) is 47.6 Å². The van der Waals surface area contributed by atoms with Crippen LogP contribution in [0.1, 0.15) is 5.56 Å². The van der Waals surface area contributed by atoms with Gasteiger partial charge in [-0.1, -0.05) is 29.8 Å². The summed E-state index contributed by atoms with van der Waals surface area (Å²) in [6.07, 6.45) is 2.63. The second-order valence-electron chi connectivity index (χ2n) is 4.20. The zero-order valence-corrected chi connectivity index (χ0v) is 12.3. The van der Waals surface area contributed by atoms with Crippen molar-refractivity contribution in [3.63, 3.8) is 0 Å². The van der Waals surface area contributed by atoms with Crippen molar-refractivity contribution in [2.24, 2.45) is 0 Å². The fourth-order valence-corrected chi connectivity index (χ4v) is 3.24. The SMILES string of the molecule is CN(Cc1ccccc1O)S(=O)(=O)c1cnccc1Cl. The van der Waals surface area contributed by atoms with Crippen molar-refractivity contribution in [3.8, 4) is 5.75 Å². The third kappa shape index (κ3) is 2.92. The van der Waals surface area contributed by atoms with E-state index in [9.17, 15) is 13.5 Å². The Labute approximate surface area is 122 Å². The lowest BCUT2D eigenvalue weighted by atomic mass is 10.2. The van der Waals surface area contributed by atoms with Crippen LogP contribution in [0.25, 0.3) is 0 Å². The Morgan fingerprint density at radius 1 is 1.30 bits per heavy atom. The van der Waals surface area contributed by atoms with Crippen molar-refractivity contribution in [1.82, 2.24) is 9.29 Å². The molecule has 1 heterocycles. The van der Waals surface area contributed by atoms with E-state index >= 15 is 0 Å². The Hall–Kier alpha value is -1.63. The highest BCUT2D eigenvalue weighted by atomic mass is 35.5. The van der Waals surface area contributed by atoms with Crippen LogP contribution in [0.4, 0.5) is 0 Å². The first-order valence-electron chi connectivity index (χ1n) is 5.75. The van der Waals surface area contributed by atoms with Crippen LogP contribution in [-0.4, -0.2) is 29.9 Å². The van der Waals surface area contributed by atoms with E-state index in [1.165, 1.54) is 31.6 Å². The lowest BCUT2D eigenvalue weighted by Crippen LogP contribution is -2.26. The van der Waals surface area contributed by atoms with E-state index < -0.39 is 10.0 Å². The number of halogens is 1. The molecular formula is C13H13ClN2O3S. The van der Waals surface area contributed by atoms with Gasteiger partial charge in [0.1, 0.15) is 10.6 Å². The van der Waals surface area contributed by atoms with Crippen molar-refractivity contribution in [2.45, 2.75) is 11.4 Å². The van der Waals surface area contributed by atoms with Gasteiger partial charge in [0.25, 0.3) is 0 Å². The second kappa shape index (κ2) is 5.78. The molecule has 5 nitrogen and oxygen atoms in total. The minimum Gasteiger partial charge on any atom is -0.508 e. The minimum absolute atomic E-state index is 0.0419. The molecule has 106 valence electrons. The van der Waals surface area contributed by atoms with Gasteiger partial charge in [-0.05, 0) is 12.1 Å². The number of pyridine rings is 1. The fraction of sp³-hybridized carbons (Fsp3) is 0.154. The molecule has 1 aromatic heterocycles. The summed E-state index contributed by atoms with van der Waals surface area (Å²) in [5.74, 6) is 0.0480. The number of nitrogens with zero attached hydrogens (tertiary/aromatic N) is 2. The van der Waals surface area contributed by atoms with Gasteiger partial charge < -0.3 is 5.11 Å². The molecule has 0 unspecified atom stereocenters. The van der Waals surface area contributed by atoms with Crippen LogP contribution in [0.5, 0.6) is 5.75 Å². The molecule has 0 aliphatic rings. The molecule has 20 heavy (non-hydrogen) atoms. The van der Waals surface area contributed by atoms with E-state index in [1.807, 2.05) is 0 Å². The maximum atomic E-state index is 12.4. The molecule has 0 amide bonds. The summed E-state index contributed by atoms with van der Waals surface area (Å²) in [6.45, 7) is 0.0419. The van der Waals surface area contributed by atoms with E-state index in [1.54, 1.807) is 18.2 Å². The molecule has 0 spiro atoms. The predicted octanol–water partition coefficient (Wildman–Crippen LogP) is 2.26. The highest BCUT2D eigenvalue weighted by Gasteiger charge is 2.24. The van der Waals surface area contributed by atoms with Crippen LogP contribution in [0.2, 0.25) is 5.02 Å². The van der Waals surface area contributed by atoms with Crippen molar-refractivity contribution < 1.29 is 13.5 Å². The third-order valence-corrected chi connectivity index (χ3v) is 5.08. The van der Waals surface area contributed by atoms with E-state index in [0.717, 1.165) is 4.31 Å². The van der Waals surface area contributed by atoms with E-state index in [4.69, 9.17) is 11.6 Å². The van der Waals surface area contributed by atoms with E-state index in [2.05, 4.69) is 4.98 Å². The van der Waals surface area contributed by atoms with Gasteiger partial charge in [0.05, 0.1) is 5.02 Å². The number of aromatic hydroxyl groups is 1. The molecule has 1 N–H and O–H groups in total. The summed E-state index contributed by atoms with van der Waals surface area (Å²) in [6, 6.07) is 7.99. The van der Waals surface area contributed by atoms with Crippen molar-refractivity contribution in [1.29, 1.82) is 0 Å². The number of aromatic nitrogens is 1. The Kier molecular flexibility index (Phi) is 4.27. The summed E-state index contributed by atoms with van der Waals surface area (Å²) < 4.78 is 25.9. The number of rotatable bonds is 4. The van der Waals surface area contributed by atoms with Crippen molar-refractivity contribution >= 4 is 21.6 Å². The Bertz CT molecular complexity index is 719. The van der Waals surface area contributed by atoms with Crippen molar-refractivity contribution in [3.05, 3.63) is 53.3 Å². The monoisotopic (exact) mass is 312 g/mol. The molecule has 0 aliphatic heterocycles.